The Labute approximate surface area is 114 Å². The van der Waals surface area contributed by atoms with Crippen molar-refractivity contribution in [2.45, 2.75) is 20.3 Å². The molecule has 0 atom stereocenters. The van der Waals surface area contributed by atoms with E-state index in [2.05, 4.69) is 32.0 Å². The van der Waals surface area contributed by atoms with Crippen molar-refractivity contribution in [3.63, 3.8) is 0 Å². The van der Waals surface area contributed by atoms with Crippen LogP contribution in [0.5, 0.6) is 5.75 Å². The SMILES string of the molecule is Cc1nc(-c2ccc3c(c2)CCO3)nc(Br)c1C. The minimum atomic E-state index is 0.764. The average Bonchev–Trinajstić information content (AvgIpc) is 2.82. The number of nitrogens with zero attached hydrogens (tertiary/aromatic N) is 2. The normalized spacial score (nSPS) is 13.3. The van der Waals surface area contributed by atoms with Crippen molar-refractivity contribution in [3.05, 3.63) is 39.6 Å². The molecular weight excluding hydrogens is 292 g/mol. The Balaban J connectivity index is 2.10. The molecule has 3 rings (SSSR count). The average molecular weight is 305 g/mol. The molecule has 1 aliphatic rings. The van der Waals surface area contributed by atoms with Crippen LogP contribution >= 0.6 is 15.9 Å². The van der Waals surface area contributed by atoms with Crippen molar-refractivity contribution < 1.29 is 4.74 Å². The van der Waals surface area contributed by atoms with Gasteiger partial charge >= 0.3 is 0 Å². The zero-order valence-corrected chi connectivity index (χ0v) is 11.9. The van der Waals surface area contributed by atoms with Crippen molar-refractivity contribution in [2.75, 3.05) is 6.61 Å². The highest BCUT2D eigenvalue weighted by Gasteiger charge is 2.14. The molecule has 0 saturated carbocycles. The summed E-state index contributed by atoms with van der Waals surface area (Å²) in [6.45, 7) is 4.79. The third-order valence-electron chi connectivity index (χ3n) is 3.28. The molecule has 18 heavy (non-hydrogen) atoms. The third-order valence-corrected chi connectivity index (χ3v) is 4.05. The van der Waals surface area contributed by atoms with Crippen LogP contribution in [0.2, 0.25) is 0 Å². The lowest BCUT2D eigenvalue weighted by Crippen LogP contribution is -1.97. The number of aromatic nitrogens is 2. The molecule has 4 heteroatoms. The van der Waals surface area contributed by atoms with Crippen molar-refractivity contribution >= 4 is 15.9 Å². The lowest BCUT2D eigenvalue weighted by atomic mass is 10.1. The maximum Gasteiger partial charge on any atom is 0.160 e. The van der Waals surface area contributed by atoms with Crippen LogP contribution in [0.25, 0.3) is 11.4 Å². The molecule has 0 N–H and O–H groups in total. The Morgan fingerprint density at radius 1 is 1.22 bits per heavy atom. The second-order valence-corrected chi connectivity index (χ2v) is 5.22. The second kappa shape index (κ2) is 4.35. The van der Waals surface area contributed by atoms with Crippen LogP contribution in [-0.2, 0) is 6.42 Å². The molecule has 0 bridgehead atoms. The Morgan fingerprint density at radius 2 is 2.06 bits per heavy atom. The van der Waals surface area contributed by atoms with Gasteiger partial charge in [-0.25, -0.2) is 9.97 Å². The summed E-state index contributed by atoms with van der Waals surface area (Å²) in [6.07, 6.45) is 0.967. The molecule has 2 heterocycles. The van der Waals surface area contributed by atoms with E-state index in [0.29, 0.717) is 0 Å². The summed E-state index contributed by atoms with van der Waals surface area (Å²) >= 11 is 3.48. The van der Waals surface area contributed by atoms with Gasteiger partial charge in [-0.3, -0.25) is 0 Å². The number of hydrogen-bond acceptors (Lipinski definition) is 3. The van der Waals surface area contributed by atoms with Gasteiger partial charge in [-0.2, -0.15) is 0 Å². The van der Waals surface area contributed by atoms with Gasteiger partial charge in [0.25, 0.3) is 0 Å². The first-order valence-corrected chi connectivity index (χ1v) is 6.71. The zero-order valence-electron chi connectivity index (χ0n) is 10.3. The van der Waals surface area contributed by atoms with Crippen molar-refractivity contribution in [1.29, 1.82) is 0 Å². The first-order chi connectivity index (χ1) is 8.65. The van der Waals surface area contributed by atoms with Crippen molar-refractivity contribution in [1.82, 2.24) is 9.97 Å². The number of benzene rings is 1. The predicted octanol–water partition coefficient (Wildman–Crippen LogP) is 3.46. The maximum absolute atomic E-state index is 5.51. The van der Waals surface area contributed by atoms with Crippen LogP contribution < -0.4 is 4.74 Å². The van der Waals surface area contributed by atoms with Crippen LogP contribution in [0.3, 0.4) is 0 Å². The molecule has 0 unspecified atom stereocenters. The molecular formula is C14H13BrN2O. The molecule has 0 spiro atoms. The van der Waals surface area contributed by atoms with Crippen LogP contribution in [0, 0.1) is 13.8 Å². The molecule has 0 fully saturated rings. The summed E-state index contributed by atoms with van der Waals surface area (Å²) in [5, 5.41) is 0. The van der Waals surface area contributed by atoms with Gasteiger partial charge in [0.2, 0.25) is 0 Å². The van der Waals surface area contributed by atoms with E-state index >= 15 is 0 Å². The number of fused-ring (bicyclic) bond motifs is 1. The lowest BCUT2D eigenvalue weighted by molar-refractivity contribution is 0.357. The Kier molecular flexibility index (Phi) is 2.82. The van der Waals surface area contributed by atoms with E-state index in [0.717, 1.165) is 46.0 Å². The summed E-state index contributed by atoms with van der Waals surface area (Å²) in [5.74, 6) is 1.75. The summed E-state index contributed by atoms with van der Waals surface area (Å²) in [6, 6.07) is 6.14. The topological polar surface area (TPSA) is 35.0 Å². The smallest absolute Gasteiger partial charge is 0.160 e. The number of halogens is 1. The molecule has 1 aromatic heterocycles. The largest absolute Gasteiger partial charge is 0.493 e. The minimum Gasteiger partial charge on any atom is -0.493 e. The van der Waals surface area contributed by atoms with E-state index in [4.69, 9.17) is 4.74 Å². The Hall–Kier alpha value is -1.42. The van der Waals surface area contributed by atoms with Gasteiger partial charge in [-0.05, 0) is 53.5 Å². The van der Waals surface area contributed by atoms with E-state index in [1.807, 2.05) is 26.0 Å². The molecule has 0 saturated heterocycles. The maximum atomic E-state index is 5.51. The zero-order chi connectivity index (χ0) is 12.7. The first-order valence-electron chi connectivity index (χ1n) is 5.92. The van der Waals surface area contributed by atoms with E-state index in [9.17, 15) is 0 Å². The predicted molar refractivity (Wildman–Crippen MR) is 73.8 cm³/mol. The number of aryl methyl sites for hydroxylation is 1. The minimum absolute atomic E-state index is 0.764. The van der Waals surface area contributed by atoms with E-state index < -0.39 is 0 Å². The summed E-state index contributed by atoms with van der Waals surface area (Å²) in [4.78, 5) is 9.04. The van der Waals surface area contributed by atoms with Gasteiger partial charge in [0.05, 0.1) is 6.61 Å². The van der Waals surface area contributed by atoms with E-state index in [1.54, 1.807) is 0 Å². The molecule has 1 aromatic carbocycles. The van der Waals surface area contributed by atoms with E-state index in [1.165, 1.54) is 5.56 Å². The van der Waals surface area contributed by atoms with Crippen LogP contribution in [0.1, 0.15) is 16.8 Å². The summed E-state index contributed by atoms with van der Waals surface area (Å²) in [5.41, 5.74) is 4.38. The molecule has 3 nitrogen and oxygen atoms in total. The second-order valence-electron chi connectivity index (χ2n) is 4.47. The number of hydrogen-bond donors (Lipinski definition) is 0. The fraction of sp³-hybridized carbons (Fsp3) is 0.286. The van der Waals surface area contributed by atoms with Crippen molar-refractivity contribution in [2.24, 2.45) is 0 Å². The Morgan fingerprint density at radius 3 is 2.83 bits per heavy atom. The molecule has 92 valence electrons. The molecule has 0 aliphatic carbocycles. The van der Waals surface area contributed by atoms with Crippen molar-refractivity contribution in [3.8, 4) is 17.1 Å². The van der Waals surface area contributed by atoms with Gasteiger partial charge < -0.3 is 4.74 Å². The van der Waals surface area contributed by atoms with E-state index in [-0.39, 0.29) is 0 Å². The quantitative estimate of drug-likeness (QED) is 0.757. The summed E-state index contributed by atoms with van der Waals surface area (Å²) in [7, 11) is 0. The van der Waals surface area contributed by atoms with Crippen LogP contribution in [0.4, 0.5) is 0 Å². The number of rotatable bonds is 1. The summed E-state index contributed by atoms with van der Waals surface area (Å²) < 4.78 is 6.37. The van der Waals surface area contributed by atoms with Crippen LogP contribution in [0.15, 0.2) is 22.8 Å². The fourth-order valence-corrected chi connectivity index (χ4v) is 2.50. The molecule has 1 aliphatic heterocycles. The third kappa shape index (κ3) is 1.90. The van der Waals surface area contributed by atoms with Gasteiger partial charge in [-0.1, -0.05) is 0 Å². The van der Waals surface area contributed by atoms with Gasteiger partial charge in [-0.15, -0.1) is 0 Å². The molecule has 2 aromatic rings. The van der Waals surface area contributed by atoms with Crippen LogP contribution in [-0.4, -0.2) is 16.6 Å². The Bertz CT molecular complexity index is 602. The highest BCUT2D eigenvalue weighted by Crippen LogP contribution is 2.30. The standard InChI is InChI=1S/C14H13BrN2O/c1-8-9(2)16-14(17-13(8)15)11-3-4-12-10(7-11)5-6-18-12/h3-4,7H,5-6H2,1-2H3. The lowest BCUT2D eigenvalue weighted by Gasteiger charge is -2.07. The fourth-order valence-electron chi connectivity index (χ4n) is 2.05. The monoisotopic (exact) mass is 304 g/mol. The van der Waals surface area contributed by atoms with Gasteiger partial charge in [0.15, 0.2) is 5.82 Å². The highest BCUT2D eigenvalue weighted by atomic mass is 79.9. The van der Waals surface area contributed by atoms with Gasteiger partial charge in [0, 0.05) is 23.2 Å². The first kappa shape index (κ1) is 11.7. The molecule has 0 amide bonds. The molecule has 0 radical (unpaired) electrons. The van der Waals surface area contributed by atoms with Gasteiger partial charge in [0.1, 0.15) is 10.4 Å². The number of ether oxygens (including phenoxy) is 1. The highest BCUT2D eigenvalue weighted by molar-refractivity contribution is 9.10.